The molecule has 0 aliphatic rings. The number of fused-ring (bicyclic) bond motifs is 1. The second-order valence-electron chi connectivity index (χ2n) is 6.19. The molecule has 0 aliphatic carbocycles. The van der Waals surface area contributed by atoms with E-state index in [-0.39, 0.29) is 24.6 Å². The molecule has 2 aromatic carbocycles. The predicted molar refractivity (Wildman–Crippen MR) is 105 cm³/mol. The number of ketones is 1. The van der Waals surface area contributed by atoms with Crippen LogP contribution in [0.4, 0.5) is 0 Å². The SMILES string of the molecule is CCOC(=O)c1cnc2ccc(C)cc2c1OCC(=O)c1cccc(OC)c1. The van der Waals surface area contributed by atoms with Crippen molar-refractivity contribution in [2.75, 3.05) is 20.3 Å². The lowest BCUT2D eigenvalue weighted by atomic mass is 10.1. The van der Waals surface area contributed by atoms with Crippen LogP contribution in [-0.4, -0.2) is 37.1 Å². The number of methoxy groups -OCH3 is 1. The van der Waals surface area contributed by atoms with Crippen LogP contribution in [0.15, 0.2) is 48.7 Å². The van der Waals surface area contributed by atoms with Gasteiger partial charge in [0, 0.05) is 17.1 Å². The fourth-order valence-corrected chi connectivity index (χ4v) is 2.81. The summed E-state index contributed by atoms with van der Waals surface area (Å²) in [5, 5.41) is 0.656. The summed E-state index contributed by atoms with van der Waals surface area (Å²) in [6, 6.07) is 12.5. The van der Waals surface area contributed by atoms with Gasteiger partial charge in [0.05, 0.1) is 19.2 Å². The first-order valence-electron chi connectivity index (χ1n) is 8.90. The standard InChI is InChI=1S/C22H21NO5/c1-4-27-22(25)18-12-23-19-9-8-14(2)10-17(19)21(18)28-13-20(24)15-6-5-7-16(11-15)26-3/h5-12H,4,13H2,1-3H3. The fraction of sp³-hybridized carbons (Fsp3) is 0.227. The predicted octanol–water partition coefficient (Wildman–Crippen LogP) is 3.99. The number of aryl methyl sites for hydroxylation is 1. The molecule has 3 rings (SSSR count). The lowest BCUT2D eigenvalue weighted by Gasteiger charge is -2.13. The number of aromatic nitrogens is 1. The molecule has 3 aromatic rings. The summed E-state index contributed by atoms with van der Waals surface area (Å²) in [5.41, 5.74) is 2.31. The van der Waals surface area contributed by atoms with Crippen molar-refractivity contribution in [2.45, 2.75) is 13.8 Å². The minimum absolute atomic E-state index is 0.193. The molecule has 0 unspecified atom stereocenters. The summed E-state index contributed by atoms with van der Waals surface area (Å²) in [5.74, 6) is 0.111. The van der Waals surface area contributed by atoms with E-state index >= 15 is 0 Å². The van der Waals surface area contributed by atoms with Crippen LogP contribution in [0.25, 0.3) is 10.9 Å². The molecule has 0 saturated carbocycles. The summed E-state index contributed by atoms with van der Waals surface area (Å²) >= 11 is 0. The van der Waals surface area contributed by atoms with Gasteiger partial charge in [-0.2, -0.15) is 0 Å². The molecular weight excluding hydrogens is 358 g/mol. The monoisotopic (exact) mass is 379 g/mol. The van der Waals surface area contributed by atoms with Crippen LogP contribution in [0.5, 0.6) is 11.5 Å². The van der Waals surface area contributed by atoms with Crippen LogP contribution in [0.3, 0.4) is 0 Å². The molecule has 28 heavy (non-hydrogen) atoms. The molecule has 6 nitrogen and oxygen atoms in total. The summed E-state index contributed by atoms with van der Waals surface area (Å²) < 4.78 is 16.1. The van der Waals surface area contributed by atoms with Crippen molar-refractivity contribution >= 4 is 22.7 Å². The minimum Gasteiger partial charge on any atom is -0.497 e. The number of carbonyl (C=O) groups excluding carboxylic acids is 2. The summed E-state index contributed by atoms with van der Waals surface area (Å²) in [6.45, 7) is 3.66. The zero-order chi connectivity index (χ0) is 20.1. The Morgan fingerprint density at radius 3 is 2.68 bits per heavy atom. The second-order valence-corrected chi connectivity index (χ2v) is 6.19. The molecule has 0 atom stereocenters. The van der Waals surface area contributed by atoms with Crippen LogP contribution >= 0.6 is 0 Å². The van der Waals surface area contributed by atoms with E-state index in [0.717, 1.165) is 5.56 Å². The second kappa shape index (κ2) is 8.52. The van der Waals surface area contributed by atoms with E-state index in [1.54, 1.807) is 31.2 Å². The van der Waals surface area contributed by atoms with Gasteiger partial charge in [0.1, 0.15) is 17.1 Å². The normalized spacial score (nSPS) is 10.5. The lowest BCUT2D eigenvalue weighted by Crippen LogP contribution is -2.15. The number of rotatable bonds is 7. The number of ether oxygens (including phenoxy) is 3. The number of carbonyl (C=O) groups is 2. The van der Waals surface area contributed by atoms with E-state index in [1.807, 2.05) is 25.1 Å². The number of esters is 1. The van der Waals surface area contributed by atoms with E-state index in [2.05, 4.69) is 4.98 Å². The third-order valence-electron chi connectivity index (χ3n) is 4.21. The molecule has 0 radical (unpaired) electrons. The topological polar surface area (TPSA) is 74.7 Å². The van der Waals surface area contributed by atoms with E-state index in [0.29, 0.717) is 28.0 Å². The van der Waals surface area contributed by atoms with E-state index in [9.17, 15) is 9.59 Å². The van der Waals surface area contributed by atoms with Gasteiger partial charge in [0.2, 0.25) is 0 Å². The molecule has 0 fully saturated rings. The Labute approximate surface area is 163 Å². The summed E-state index contributed by atoms with van der Waals surface area (Å²) in [6.07, 6.45) is 1.42. The highest BCUT2D eigenvalue weighted by Gasteiger charge is 2.19. The molecule has 0 spiro atoms. The summed E-state index contributed by atoms with van der Waals surface area (Å²) in [7, 11) is 1.54. The van der Waals surface area contributed by atoms with Crippen LogP contribution in [0.2, 0.25) is 0 Å². The zero-order valence-electron chi connectivity index (χ0n) is 16.0. The largest absolute Gasteiger partial charge is 0.497 e. The Balaban J connectivity index is 1.95. The molecule has 0 N–H and O–H groups in total. The average Bonchev–Trinajstić information content (AvgIpc) is 2.71. The van der Waals surface area contributed by atoms with Gasteiger partial charge in [-0.1, -0.05) is 23.8 Å². The number of benzene rings is 2. The smallest absolute Gasteiger partial charge is 0.343 e. The van der Waals surface area contributed by atoms with Crippen molar-refractivity contribution in [3.8, 4) is 11.5 Å². The number of nitrogens with zero attached hydrogens (tertiary/aromatic N) is 1. The highest BCUT2D eigenvalue weighted by molar-refractivity contribution is 6.01. The Kier molecular flexibility index (Phi) is 5.89. The Morgan fingerprint density at radius 1 is 1.11 bits per heavy atom. The van der Waals surface area contributed by atoms with Gasteiger partial charge in [-0.3, -0.25) is 9.78 Å². The van der Waals surface area contributed by atoms with Gasteiger partial charge in [-0.25, -0.2) is 4.79 Å². The maximum absolute atomic E-state index is 12.6. The molecular formula is C22H21NO5. The van der Waals surface area contributed by atoms with Crippen molar-refractivity contribution in [1.82, 2.24) is 4.98 Å². The van der Waals surface area contributed by atoms with E-state index in [4.69, 9.17) is 14.2 Å². The Hall–Kier alpha value is -3.41. The minimum atomic E-state index is -0.540. The number of hydrogen-bond acceptors (Lipinski definition) is 6. The van der Waals surface area contributed by atoms with E-state index < -0.39 is 5.97 Å². The summed E-state index contributed by atoms with van der Waals surface area (Å²) in [4.78, 5) is 29.2. The van der Waals surface area contributed by atoms with Crippen LogP contribution in [0.1, 0.15) is 33.2 Å². The molecule has 6 heteroatoms. The van der Waals surface area contributed by atoms with Crippen LogP contribution in [0, 0.1) is 6.92 Å². The third kappa shape index (κ3) is 4.11. The number of Topliss-reactive ketones (excluding diaryl/α,β-unsaturated/α-hetero) is 1. The molecule has 144 valence electrons. The Bertz CT molecular complexity index is 1030. The molecule has 0 saturated heterocycles. The van der Waals surface area contributed by atoms with Gasteiger partial charge in [0.15, 0.2) is 12.4 Å². The lowest BCUT2D eigenvalue weighted by molar-refractivity contribution is 0.0520. The van der Waals surface area contributed by atoms with Crippen molar-refractivity contribution in [1.29, 1.82) is 0 Å². The average molecular weight is 379 g/mol. The van der Waals surface area contributed by atoms with Crippen LogP contribution < -0.4 is 9.47 Å². The molecule has 0 bridgehead atoms. The first-order chi connectivity index (χ1) is 13.5. The fourth-order valence-electron chi connectivity index (χ4n) is 2.81. The van der Waals surface area contributed by atoms with E-state index in [1.165, 1.54) is 13.3 Å². The number of hydrogen-bond donors (Lipinski definition) is 0. The molecule has 0 amide bonds. The maximum atomic E-state index is 12.6. The molecule has 1 heterocycles. The zero-order valence-corrected chi connectivity index (χ0v) is 16.0. The van der Waals surface area contributed by atoms with Gasteiger partial charge >= 0.3 is 5.97 Å². The van der Waals surface area contributed by atoms with Crippen LogP contribution in [-0.2, 0) is 4.74 Å². The molecule has 0 aliphatic heterocycles. The van der Waals surface area contributed by atoms with Gasteiger partial charge in [-0.05, 0) is 38.1 Å². The highest BCUT2D eigenvalue weighted by atomic mass is 16.5. The van der Waals surface area contributed by atoms with Gasteiger partial charge < -0.3 is 14.2 Å². The van der Waals surface area contributed by atoms with Crippen molar-refractivity contribution in [2.24, 2.45) is 0 Å². The molecule has 1 aromatic heterocycles. The number of pyridine rings is 1. The maximum Gasteiger partial charge on any atom is 0.343 e. The van der Waals surface area contributed by atoms with Gasteiger partial charge in [0.25, 0.3) is 0 Å². The highest BCUT2D eigenvalue weighted by Crippen LogP contribution is 2.30. The first kappa shape index (κ1) is 19.4. The van der Waals surface area contributed by atoms with Gasteiger partial charge in [-0.15, -0.1) is 0 Å². The Morgan fingerprint density at radius 2 is 1.93 bits per heavy atom. The third-order valence-corrected chi connectivity index (χ3v) is 4.21. The van der Waals surface area contributed by atoms with Crippen molar-refractivity contribution in [3.05, 3.63) is 65.4 Å². The first-order valence-corrected chi connectivity index (χ1v) is 8.90. The van der Waals surface area contributed by atoms with Crippen molar-refractivity contribution in [3.63, 3.8) is 0 Å². The quantitative estimate of drug-likeness (QED) is 0.456. The van der Waals surface area contributed by atoms with Crippen molar-refractivity contribution < 1.29 is 23.8 Å².